The monoisotopic (exact) mass is 528 g/mol. The van der Waals surface area contributed by atoms with Crippen LogP contribution in [-0.2, 0) is 27.4 Å². The Morgan fingerprint density at radius 3 is 2.58 bits per heavy atom. The topological polar surface area (TPSA) is 109 Å². The number of halogens is 1. The summed E-state index contributed by atoms with van der Waals surface area (Å²) in [5.41, 5.74) is 1.43. The lowest BCUT2D eigenvalue weighted by Gasteiger charge is -2.35. The van der Waals surface area contributed by atoms with E-state index < -0.39 is 17.5 Å². The Morgan fingerprint density at radius 1 is 1.24 bits per heavy atom. The van der Waals surface area contributed by atoms with Gasteiger partial charge in [0.2, 0.25) is 6.41 Å². The van der Waals surface area contributed by atoms with Gasteiger partial charge in [-0.3, -0.25) is 9.69 Å². The number of fused-ring (bicyclic) bond motifs is 1. The van der Waals surface area contributed by atoms with Gasteiger partial charge >= 0.3 is 6.09 Å². The molecule has 0 radical (unpaired) electrons. The fourth-order valence-electron chi connectivity index (χ4n) is 4.32. The van der Waals surface area contributed by atoms with Crippen LogP contribution >= 0.6 is 0 Å². The number of hydrogen-bond acceptors (Lipinski definition) is 8. The number of anilines is 2. The van der Waals surface area contributed by atoms with Crippen molar-refractivity contribution >= 4 is 24.0 Å². The number of nitrogens with zero attached hydrogens (tertiary/aromatic N) is 4. The van der Waals surface area contributed by atoms with E-state index in [0.29, 0.717) is 49.9 Å². The molecule has 11 heteroatoms. The summed E-state index contributed by atoms with van der Waals surface area (Å²) in [7, 11) is 2.01. The SMILES string of the molecule is CC1COCCN1c1nc(-c2ccc(NC=O)cc2F)nc2c1CN(C(=O)OC(C)(C)C)C2.CNC1CC1. The molecule has 2 amide bonds. The van der Waals surface area contributed by atoms with Gasteiger partial charge in [0.15, 0.2) is 5.82 Å². The number of benzene rings is 1. The van der Waals surface area contributed by atoms with Crippen molar-refractivity contribution < 1.29 is 23.5 Å². The molecule has 2 aliphatic heterocycles. The molecule has 0 bridgehead atoms. The van der Waals surface area contributed by atoms with E-state index in [2.05, 4.69) is 20.5 Å². The zero-order chi connectivity index (χ0) is 27.4. The van der Waals surface area contributed by atoms with E-state index in [1.807, 2.05) is 34.7 Å². The smallest absolute Gasteiger partial charge is 0.410 e. The largest absolute Gasteiger partial charge is 0.444 e. The van der Waals surface area contributed by atoms with Crippen LogP contribution in [0.4, 0.5) is 20.7 Å². The molecule has 10 nitrogen and oxygen atoms in total. The molecule has 3 heterocycles. The highest BCUT2D eigenvalue weighted by Crippen LogP contribution is 2.35. The molecule has 3 aliphatic rings. The fraction of sp³-hybridized carbons (Fsp3) is 0.556. The van der Waals surface area contributed by atoms with Gasteiger partial charge in [-0.25, -0.2) is 19.2 Å². The van der Waals surface area contributed by atoms with Crippen molar-refractivity contribution in [2.75, 3.05) is 37.0 Å². The summed E-state index contributed by atoms with van der Waals surface area (Å²) in [5.74, 6) is 0.347. The van der Waals surface area contributed by atoms with Crippen LogP contribution in [0.1, 0.15) is 51.8 Å². The van der Waals surface area contributed by atoms with Gasteiger partial charge in [-0.15, -0.1) is 0 Å². The first-order valence-electron chi connectivity index (χ1n) is 13.0. The number of rotatable bonds is 5. The summed E-state index contributed by atoms with van der Waals surface area (Å²) in [5, 5.41) is 5.57. The van der Waals surface area contributed by atoms with E-state index in [1.165, 1.54) is 25.0 Å². The maximum atomic E-state index is 14.9. The number of carbonyl (C=O) groups is 2. The van der Waals surface area contributed by atoms with Gasteiger partial charge in [0.05, 0.1) is 43.6 Å². The van der Waals surface area contributed by atoms with Gasteiger partial charge in [-0.1, -0.05) is 0 Å². The van der Waals surface area contributed by atoms with E-state index in [-0.39, 0.29) is 24.0 Å². The number of morpholine rings is 1. The van der Waals surface area contributed by atoms with Crippen LogP contribution in [0.5, 0.6) is 0 Å². The summed E-state index contributed by atoms with van der Waals surface area (Å²) in [6.45, 7) is 9.78. The molecule has 2 aromatic rings. The zero-order valence-electron chi connectivity index (χ0n) is 22.7. The average molecular weight is 529 g/mol. The molecule has 5 rings (SSSR count). The predicted molar refractivity (Wildman–Crippen MR) is 142 cm³/mol. The molecule has 2 fully saturated rings. The van der Waals surface area contributed by atoms with Crippen LogP contribution in [0.3, 0.4) is 0 Å². The third-order valence-electron chi connectivity index (χ3n) is 6.47. The van der Waals surface area contributed by atoms with Gasteiger partial charge in [0.25, 0.3) is 0 Å². The van der Waals surface area contributed by atoms with Crippen molar-refractivity contribution in [3.63, 3.8) is 0 Å². The Bertz CT molecular complexity index is 1170. The highest BCUT2D eigenvalue weighted by Gasteiger charge is 2.34. The molecule has 1 aromatic heterocycles. The number of ether oxygens (including phenoxy) is 2. The highest BCUT2D eigenvalue weighted by atomic mass is 19.1. The van der Waals surface area contributed by atoms with E-state index in [0.717, 1.165) is 11.6 Å². The molecule has 1 aliphatic carbocycles. The minimum absolute atomic E-state index is 0.0604. The standard InChI is InChI=1S/C23H28FN5O4.C4H9N/c1-14-12-32-8-7-29(14)21-17-10-28(22(31)33-23(2,3)4)11-19(17)26-20(27-21)16-6-5-15(25-13-30)9-18(16)24;1-5-4-2-3-4/h5-6,9,13-14H,7-8,10-12H2,1-4H3,(H,25,30);4-5H,2-3H2,1H3. The molecule has 2 N–H and O–H groups in total. The van der Waals surface area contributed by atoms with Crippen LogP contribution in [0.25, 0.3) is 11.4 Å². The number of hydrogen-bond donors (Lipinski definition) is 2. The normalized spacial score (nSPS) is 18.8. The third-order valence-corrected chi connectivity index (χ3v) is 6.47. The van der Waals surface area contributed by atoms with Gasteiger partial charge in [0.1, 0.15) is 17.2 Å². The van der Waals surface area contributed by atoms with Crippen molar-refractivity contribution in [3.05, 3.63) is 35.3 Å². The lowest BCUT2D eigenvalue weighted by atomic mass is 10.1. The van der Waals surface area contributed by atoms with Crippen molar-refractivity contribution in [2.24, 2.45) is 0 Å². The van der Waals surface area contributed by atoms with Crippen molar-refractivity contribution in [2.45, 2.75) is 71.3 Å². The molecular formula is C27H37FN6O4. The zero-order valence-corrected chi connectivity index (χ0v) is 22.7. The first kappa shape index (κ1) is 27.7. The highest BCUT2D eigenvalue weighted by molar-refractivity contribution is 5.74. The predicted octanol–water partition coefficient (Wildman–Crippen LogP) is 3.70. The van der Waals surface area contributed by atoms with Crippen LogP contribution in [-0.4, -0.2) is 71.9 Å². The molecule has 1 atom stereocenters. The average Bonchev–Trinajstić information content (AvgIpc) is 3.60. The van der Waals surface area contributed by atoms with Crippen molar-refractivity contribution in [1.82, 2.24) is 20.2 Å². The molecule has 38 heavy (non-hydrogen) atoms. The summed E-state index contributed by atoms with van der Waals surface area (Å²) < 4.78 is 26.0. The number of amides is 2. The fourth-order valence-corrected chi connectivity index (χ4v) is 4.32. The van der Waals surface area contributed by atoms with E-state index >= 15 is 0 Å². The second-order valence-electron chi connectivity index (χ2n) is 10.8. The van der Waals surface area contributed by atoms with Gasteiger partial charge in [-0.05, 0) is 65.8 Å². The Balaban J connectivity index is 0.000000603. The minimum atomic E-state index is -0.620. The van der Waals surface area contributed by atoms with E-state index in [1.54, 1.807) is 11.0 Å². The molecule has 0 spiro atoms. The first-order valence-corrected chi connectivity index (χ1v) is 13.0. The molecule has 1 saturated heterocycles. The Hall–Kier alpha value is -3.31. The Labute approximate surface area is 222 Å². The second kappa shape index (κ2) is 11.6. The Kier molecular flexibility index (Phi) is 8.47. The third kappa shape index (κ3) is 6.76. The number of nitrogens with one attached hydrogen (secondary N) is 2. The molecule has 1 saturated carbocycles. The lowest BCUT2D eigenvalue weighted by molar-refractivity contribution is -0.105. The van der Waals surface area contributed by atoms with Gasteiger partial charge in [-0.2, -0.15) is 0 Å². The summed E-state index contributed by atoms with van der Waals surface area (Å²) in [6.07, 6.45) is 2.86. The van der Waals surface area contributed by atoms with Crippen molar-refractivity contribution in [3.8, 4) is 11.4 Å². The molecule has 1 unspecified atom stereocenters. The number of carbonyl (C=O) groups excluding carboxylic acids is 2. The second-order valence-corrected chi connectivity index (χ2v) is 10.8. The maximum absolute atomic E-state index is 14.9. The lowest BCUT2D eigenvalue weighted by Crippen LogP contribution is -2.44. The number of aromatic nitrogens is 2. The first-order chi connectivity index (χ1) is 18.1. The van der Waals surface area contributed by atoms with Crippen LogP contribution in [0.2, 0.25) is 0 Å². The van der Waals surface area contributed by atoms with E-state index in [4.69, 9.17) is 14.5 Å². The molecular weight excluding hydrogens is 491 g/mol. The van der Waals surface area contributed by atoms with Crippen LogP contribution < -0.4 is 15.5 Å². The quantitative estimate of drug-likeness (QED) is 0.566. The van der Waals surface area contributed by atoms with Crippen LogP contribution in [0, 0.1) is 5.82 Å². The van der Waals surface area contributed by atoms with Gasteiger partial charge < -0.3 is 25.0 Å². The van der Waals surface area contributed by atoms with Gasteiger partial charge in [0, 0.05) is 23.8 Å². The molecule has 206 valence electrons. The van der Waals surface area contributed by atoms with Crippen LogP contribution in [0.15, 0.2) is 18.2 Å². The summed E-state index contributed by atoms with van der Waals surface area (Å²) >= 11 is 0. The minimum Gasteiger partial charge on any atom is -0.444 e. The maximum Gasteiger partial charge on any atom is 0.410 e. The van der Waals surface area contributed by atoms with Crippen molar-refractivity contribution in [1.29, 1.82) is 0 Å². The summed E-state index contributed by atoms with van der Waals surface area (Å²) in [4.78, 5) is 36.5. The summed E-state index contributed by atoms with van der Waals surface area (Å²) in [6, 6.07) is 5.30. The van der Waals surface area contributed by atoms with E-state index in [9.17, 15) is 14.0 Å². The Morgan fingerprint density at radius 2 is 2.00 bits per heavy atom. The molecule has 1 aromatic carbocycles.